The number of nitrogens with zero attached hydrogens (tertiary/aromatic N) is 2. The van der Waals surface area contributed by atoms with Gasteiger partial charge in [0.15, 0.2) is 0 Å². The Balaban J connectivity index is 0.00000200. The molecule has 4 heteroatoms. The van der Waals surface area contributed by atoms with E-state index in [2.05, 4.69) is 28.6 Å². The fourth-order valence-electron chi connectivity index (χ4n) is 2.09. The zero-order valence-corrected chi connectivity index (χ0v) is 14.1. The summed E-state index contributed by atoms with van der Waals surface area (Å²) in [6, 6.07) is 10.1. The van der Waals surface area contributed by atoms with E-state index < -0.39 is 0 Å². The van der Waals surface area contributed by atoms with Crippen LogP contribution in [-0.4, -0.2) is 15.3 Å². The highest BCUT2D eigenvalue weighted by atomic mass is 127. The Hall–Kier alpha value is -1.17. The molecule has 1 heterocycles. The number of carbonyl (C=O) groups excluding carboxylic acids is 1. The van der Waals surface area contributed by atoms with E-state index in [1.54, 1.807) is 6.33 Å². The number of Topliss-reactive ketones (excluding diaryl/α,β-unsaturated/α-hetero) is 1. The topological polar surface area (TPSA) is 34.9 Å². The van der Waals surface area contributed by atoms with E-state index in [4.69, 9.17) is 0 Å². The largest absolute Gasteiger partial charge is 0.330 e. The molecule has 2 rings (SSSR count). The Morgan fingerprint density at radius 3 is 2.65 bits per heavy atom. The highest BCUT2D eigenvalue weighted by molar-refractivity contribution is 14.0. The van der Waals surface area contributed by atoms with Crippen LogP contribution < -0.4 is 0 Å². The molecule has 108 valence electrons. The monoisotopic (exact) mass is 384 g/mol. The maximum atomic E-state index is 11.7. The molecule has 1 aromatic carbocycles. The molecule has 0 unspecified atom stereocenters. The average molecular weight is 384 g/mol. The number of hydrogen-bond donors (Lipinski definition) is 0. The molecular formula is C16H21IN2O. The number of rotatable bonds is 7. The summed E-state index contributed by atoms with van der Waals surface area (Å²) in [6.45, 7) is 2.82. The number of aromatic nitrogens is 2. The van der Waals surface area contributed by atoms with Gasteiger partial charge < -0.3 is 4.57 Å². The Labute approximate surface area is 137 Å². The van der Waals surface area contributed by atoms with Crippen LogP contribution in [0, 0.1) is 0 Å². The Bertz CT molecular complexity index is 522. The number of hydrogen-bond acceptors (Lipinski definition) is 2. The van der Waals surface area contributed by atoms with Gasteiger partial charge in [0.1, 0.15) is 5.78 Å². The lowest BCUT2D eigenvalue weighted by molar-refractivity contribution is -0.119. The molecule has 3 nitrogen and oxygen atoms in total. The van der Waals surface area contributed by atoms with Crippen LogP contribution in [0.5, 0.6) is 0 Å². The second-order valence-corrected chi connectivity index (χ2v) is 4.73. The summed E-state index contributed by atoms with van der Waals surface area (Å²) in [5.74, 6) is 0.342. The van der Waals surface area contributed by atoms with E-state index in [1.807, 2.05) is 24.4 Å². The van der Waals surface area contributed by atoms with Crippen molar-refractivity contribution in [1.82, 2.24) is 9.55 Å². The van der Waals surface area contributed by atoms with Crippen molar-refractivity contribution in [2.75, 3.05) is 0 Å². The number of carbonyl (C=O) groups is 1. The third-order valence-corrected chi connectivity index (χ3v) is 3.22. The van der Waals surface area contributed by atoms with Gasteiger partial charge in [0.25, 0.3) is 0 Å². The van der Waals surface area contributed by atoms with Crippen molar-refractivity contribution < 1.29 is 4.79 Å². The molecule has 0 saturated carbocycles. The first kappa shape index (κ1) is 16.9. The van der Waals surface area contributed by atoms with E-state index in [-0.39, 0.29) is 24.0 Å². The normalized spacial score (nSPS) is 10.1. The van der Waals surface area contributed by atoms with Gasteiger partial charge in [0, 0.05) is 19.4 Å². The minimum absolute atomic E-state index is 0. The molecule has 0 aliphatic heterocycles. The lowest BCUT2D eigenvalue weighted by Crippen LogP contribution is -2.05. The molecule has 0 amide bonds. The van der Waals surface area contributed by atoms with Gasteiger partial charge in [0.2, 0.25) is 0 Å². The van der Waals surface area contributed by atoms with Crippen molar-refractivity contribution in [3.05, 3.63) is 42.9 Å². The predicted molar refractivity (Wildman–Crippen MR) is 92.2 cm³/mol. The van der Waals surface area contributed by atoms with Crippen LogP contribution in [0.15, 0.2) is 42.9 Å². The average Bonchev–Trinajstić information content (AvgIpc) is 2.92. The van der Waals surface area contributed by atoms with Crippen molar-refractivity contribution >= 4 is 29.8 Å². The van der Waals surface area contributed by atoms with Crippen LogP contribution in [0.4, 0.5) is 0 Å². The first-order valence-electron chi connectivity index (χ1n) is 6.88. The molecule has 1 aromatic heterocycles. The predicted octanol–water partition coefficient (Wildman–Crippen LogP) is 4.32. The quantitative estimate of drug-likeness (QED) is 0.667. The van der Waals surface area contributed by atoms with Crippen LogP contribution in [-0.2, 0) is 11.3 Å². The van der Waals surface area contributed by atoms with E-state index in [9.17, 15) is 4.79 Å². The van der Waals surface area contributed by atoms with Crippen LogP contribution in [0.2, 0.25) is 0 Å². The SMILES string of the molecule is CCCCC(=O)CCn1cncc1-c1ccccc1.I. The number of aryl methyl sites for hydroxylation is 1. The lowest BCUT2D eigenvalue weighted by atomic mass is 10.1. The van der Waals surface area contributed by atoms with Crippen LogP contribution in [0.1, 0.15) is 32.6 Å². The van der Waals surface area contributed by atoms with Crippen molar-refractivity contribution in [2.45, 2.75) is 39.2 Å². The number of unbranched alkanes of at least 4 members (excludes halogenated alkanes) is 1. The molecular weight excluding hydrogens is 363 g/mol. The van der Waals surface area contributed by atoms with Gasteiger partial charge in [-0.2, -0.15) is 0 Å². The summed E-state index contributed by atoms with van der Waals surface area (Å²) >= 11 is 0. The molecule has 0 aliphatic rings. The molecule has 20 heavy (non-hydrogen) atoms. The first-order valence-corrected chi connectivity index (χ1v) is 6.88. The summed E-state index contributed by atoms with van der Waals surface area (Å²) in [5, 5.41) is 0. The molecule has 0 N–H and O–H groups in total. The van der Waals surface area contributed by atoms with Gasteiger partial charge in [-0.3, -0.25) is 4.79 Å². The van der Waals surface area contributed by atoms with Gasteiger partial charge in [-0.25, -0.2) is 4.98 Å². The maximum Gasteiger partial charge on any atom is 0.134 e. The maximum absolute atomic E-state index is 11.7. The minimum Gasteiger partial charge on any atom is -0.330 e. The van der Waals surface area contributed by atoms with Gasteiger partial charge in [0.05, 0.1) is 18.2 Å². The molecule has 0 radical (unpaired) electrons. The van der Waals surface area contributed by atoms with Crippen LogP contribution in [0.3, 0.4) is 0 Å². The lowest BCUT2D eigenvalue weighted by Gasteiger charge is -2.07. The summed E-state index contributed by atoms with van der Waals surface area (Å²) in [5.41, 5.74) is 2.21. The molecule has 0 fully saturated rings. The van der Waals surface area contributed by atoms with Crippen molar-refractivity contribution in [1.29, 1.82) is 0 Å². The van der Waals surface area contributed by atoms with Gasteiger partial charge in [-0.1, -0.05) is 43.7 Å². The number of halogens is 1. The number of imidazole rings is 1. The fraction of sp³-hybridized carbons (Fsp3) is 0.375. The van der Waals surface area contributed by atoms with Crippen molar-refractivity contribution in [2.24, 2.45) is 0 Å². The number of ketones is 1. The zero-order valence-electron chi connectivity index (χ0n) is 11.8. The fourth-order valence-corrected chi connectivity index (χ4v) is 2.09. The van der Waals surface area contributed by atoms with Gasteiger partial charge in [-0.15, -0.1) is 24.0 Å². The number of benzene rings is 1. The second-order valence-electron chi connectivity index (χ2n) is 4.73. The molecule has 0 spiro atoms. The highest BCUT2D eigenvalue weighted by Crippen LogP contribution is 2.18. The summed E-state index contributed by atoms with van der Waals surface area (Å²) in [7, 11) is 0. The molecule has 0 aliphatic carbocycles. The van der Waals surface area contributed by atoms with Gasteiger partial charge >= 0.3 is 0 Å². The summed E-state index contributed by atoms with van der Waals surface area (Å²) in [6.07, 6.45) is 7.02. The third-order valence-electron chi connectivity index (χ3n) is 3.22. The highest BCUT2D eigenvalue weighted by Gasteiger charge is 2.07. The smallest absolute Gasteiger partial charge is 0.134 e. The second kappa shape index (κ2) is 8.89. The zero-order chi connectivity index (χ0) is 13.5. The first-order chi connectivity index (χ1) is 9.31. The standard InChI is InChI=1S/C16H20N2O.HI/c1-2-3-9-15(19)10-11-18-13-17-12-16(18)14-7-5-4-6-8-14;/h4-8,12-13H,2-3,9-11H2,1H3;1H. The van der Waals surface area contributed by atoms with Gasteiger partial charge in [-0.05, 0) is 12.0 Å². The van der Waals surface area contributed by atoms with Crippen molar-refractivity contribution in [3.63, 3.8) is 0 Å². The Kier molecular flexibility index (Phi) is 7.51. The van der Waals surface area contributed by atoms with E-state index >= 15 is 0 Å². The third kappa shape index (κ3) is 4.74. The molecule has 0 atom stereocenters. The van der Waals surface area contributed by atoms with E-state index in [1.165, 1.54) is 0 Å². The Morgan fingerprint density at radius 1 is 1.20 bits per heavy atom. The van der Waals surface area contributed by atoms with E-state index in [0.717, 1.165) is 24.1 Å². The van der Waals surface area contributed by atoms with E-state index in [0.29, 0.717) is 25.2 Å². The summed E-state index contributed by atoms with van der Waals surface area (Å²) < 4.78 is 2.05. The molecule has 2 aromatic rings. The molecule has 0 saturated heterocycles. The summed E-state index contributed by atoms with van der Waals surface area (Å²) in [4.78, 5) is 15.9. The minimum atomic E-state index is 0. The van der Waals surface area contributed by atoms with Crippen molar-refractivity contribution in [3.8, 4) is 11.3 Å². The molecule has 0 bridgehead atoms. The van der Waals surface area contributed by atoms with Crippen LogP contribution >= 0.6 is 24.0 Å². The van der Waals surface area contributed by atoms with Crippen LogP contribution in [0.25, 0.3) is 11.3 Å². The Morgan fingerprint density at radius 2 is 1.95 bits per heavy atom.